The van der Waals surface area contributed by atoms with E-state index in [0.717, 1.165) is 12.8 Å². The number of unbranched alkanes of at least 4 members (excludes halogenated alkanes) is 2. The van der Waals surface area contributed by atoms with Gasteiger partial charge in [-0.2, -0.15) is 0 Å². The van der Waals surface area contributed by atoms with Gasteiger partial charge in [0, 0.05) is 36.7 Å². The molecule has 2 heterocycles. The highest BCUT2D eigenvalue weighted by Crippen LogP contribution is 2.35. The fourth-order valence-electron chi connectivity index (χ4n) is 2.76. The Balaban J connectivity index is 2.41. The number of nitrogens with zero attached hydrogens (tertiary/aromatic N) is 2. The minimum absolute atomic E-state index is 0.169. The molecule has 2 aromatic heterocycles. The molecule has 0 amide bonds. The van der Waals surface area contributed by atoms with E-state index in [4.69, 9.17) is 5.73 Å². The first kappa shape index (κ1) is 14.7. The van der Waals surface area contributed by atoms with Crippen molar-refractivity contribution in [1.29, 1.82) is 0 Å². The second-order valence-corrected chi connectivity index (χ2v) is 5.23. The molecule has 0 bridgehead atoms. The molecule has 0 aliphatic heterocycles. The fraction of sp³-hybridized carbons (Fsp3) is 0.412. The van der Waals surface area contributed by atoms with Crippen LogP contribution in [0.2, 0.25) is 0 Å². The van der Waals surface area contributed by atoms with Gasteiger partial charge in [0.1, 0.15) is 0 Å². The molecule has 0 unspecified atom stereocenters. The van der Waals surface area contributed by atoms with E-state index in [-0.39, 0.29) is 5.41 Å². The van der Waals surface area contributed by atoms with Crippen LogP contribution in [0.1, 0.15) is 43.7 Å². The van der Waals surface area contributed by atoms with Crippen LogP contribution >= 0.6 is 0 Å². The molecule has 3 heteroatoms. The van der Waals surface area contributed by atoms with Gasteiger partial charge >= 0.3 is 0 Å². The quantitative estimate of drug-likeness (QED) is 0.785. The highest BCUT2D eigenvalue weighted by Gasteiger charge is 2.32. The Morgan fingerprint density at radius 3 is 2.00 bits per heavy atom. The largest absolute Gasteiger partial charge is 0.329 e. The maximum Gasteiger partial charge on any atom is 0.0355 e. The van der Waals surface area contributed by atoms with E-state index in [1.807, 2.05) is 24.5 Å². The predicted molar refractivity (Wildman–Crippen MR) is 82.5 cm³/mol. The molecule has 2 aromatic rings. The van der Waals surface area contributed by atoms with Gasteiger partial charge in [-0.05, 0) is 29.7 Å². The monoisotopic (exact) mass is 269 g/mol. The molecular formula is C17H23N3. The zero-order chi connectivity index (χ0) is 14.3. The number of pyridine rings is 2. The van der Waals surface area contributed by atoms with Crippen LogP contribution in [0, 0.1) is 0 Å². The minimum atomic E-state index is -0.169. The van der Waals surface area contributed by atoms with Crippen molar-refractivity contribution in [2.45, 2.75) is 38.0 Å². The highest BCUT2D eigenvalue weighted by molar-refractivity contribution is 5.37. The molecule has 20 heavy (non-hydrogen) atoms. The molecule has 0 saturated heterocycles. The zero-order valence-corrected chi connectivity index (χ0v) is 12.1. The number of hydrogen-bond donors (Lipinski definition) is 1. The Morgan fingerprint density at radius 1 is 1.00 bits per heavy atom. The topological polar surface area (TPSA) is 51.8 Å². The fourth-order valence-corrected chi connectivity index (χ4v) is 2.76. The Bertz CT molecular complexity index is 457. The summed E-state index contributed by atoms with van der Waals surface area (Å²) in [5.74, 6) is 0. The summed E-state index contributed by atoms with van der Waals surface area (Å²) in [5, 5.41) is 0. The van der Waals surface area contributed by atoms with E-state index in [2.05, 4.69) is 29.0 Å². The van der Waals surface area contributed by atoms with Crippen molar-refractivity contribution in [3.05, 3.63) is 60.2 Å². The third-order valence-electron chi connectivity index (χ3n) is 3.98. The van der Waals surface area contributed by atoms with Crippen LogP contribution < -0.4 is 5.73 Å². The summed E-state index contributed by atoms with van der Waals surface area (Å²) < 4.78 is 0. The van der Waals surface area contributed by atoms with E-state index in [9.17, 15) is 0 Å². The summed E-state index contributed by atoms with van der Waals surface area (Å²) in [6.07, 6.45) is 12.1. The lowest BCUT2D eigenvalue weighted by atomic mass is 9.72. The van der Waals surface area contributed by atoms with Gasteiger partial charge in [0.2, 0.25) is 0 Å². The third-order valence-corrected chi connectivity index (χ3v) is 3.98. The molecule has 106 valence electrons. The summed E-state index contributed by atoms with van der Waals surface area (Å²) in [7, 11) is 0. The molecule has 0 radical (unpaired) electrons. The van der Waals surface area contributed by atoms with Gasteiger partial charge < -0.3 is 5.73 Å². The lowest BCUT2D eigenvalue weighted by Gasteiger charge is -2.33. The first-order valence-electron chi connectivity index (χ1n) is 7.34. The average Bonchev–Trinajstić information content (AvgIpc) is 2.54. The second-order valence-electron chi connectivity index (χ2n) is 5.23. The molecule has 0 spiro atoms. The molecule has 0 atom stereocenters. The Kier molecular flexibility index (Phi) is 5.24. The van der Waals surface area contributed by atoms with E-state index in [0.29, 0.717) is 6.54 Å². The van der Waals surface area contributed by atoms with Crippen molar-refractivity contribution in [1.82, 2.24) is 9.97 Å². The first-order chi connectivity index (χ1) is 9.83. The summed E-state index contributed by atoms with van der Waals surface area (Å²) in [6, 6.07) is 8.21. The van der Waals surface area contributed by atoms with Crippen molar-refractivity contribution in [2.24, 2.45) is 5.73 Å². The van der Waals surface area contributed by atoms with Gasteiger partial charge in [0.15, 0.2) is 0 Å². The third kappa shape index (κ3) is 3.05. The SMILES string of the molecule is CCCCCC(CN)(c1cccnc1)c1cccnc1. The molecule has 3 nitrogen and oxygen atoms in total. The standard InChI is InChI=1S/C17H23N3/c1-2-3-4-9-17(14-18,15-7-5-10-19-12-15)16-8-6-11-20-13-16/h5-8,10-13H,2-4,9,14,18H2,1H3. The molecule has 0 saturated carbocycles. The van der Waals surface area contributed by atoms with Crippen LogP contribution in [-0.2, 0) is 5.41 Å². The van der Waals surface area contributed by atoms with Crippen LogP contribution in [-0.4, -0.2) is 16.5 Å². The highest BCUT2D eigenvalue weighted by atomic mass is 14.7. The number of hydrogen-bond acceptors (Lipinski definition) is 3. The van der Waals surface area contributed by atoms with Crippen LogP contribution in [0.5, 0.6) is 0 Å². The lowest BCUT2D eigenvalue weighted by molar-refractivity contribution is 0.451. The Hall–Kier alpha value is -1.74. The van der Waals surface area contributed by atoms with Gasteiger partial charge in [0.25, 0.3) is 0 Å². The minimum Gasteiger partial charge on any atom is -0.329 e. The van der Waals surface area contributed by atoms with Gasteiger partial charge in [-0.25, -0.2) is 0 Å². The summed E-state index contributed by atoms with van der Waals surface area (Å²) in [4.78, 5) is 8.55. The van der Waals surface area contributed by atoms with Crippen molar-refractivity contribution in [3.8, 4) is 0 Å². The van der Waals surface area contributed by atoms with Crippen LogP contribution in [0.4, 0.5) is 0 Å². The predicted octanol–water partition coefficient (Wildman–Crippen LogP) is 3.30. The average molecular weight is 269 g/mol. The molecule has 2 rings (SSSR count). The summed E-state index contributed by atoms with van der Waals surface area (Å²) in [6.45, 7) is 2.80. The van der Waals surface area contributed by atoms with Gasteiger partial charge in [-0.3, -0.25) is 9.97 Å². The van der Waals surface area contributed by atoms with Crippen molar-refractivity contribution >= 4 is 0 Å². The normalized spacial score (nSPS) is 11.5. The molecule has 0 aliphatic rings. The van der Waals surface area contributed by atoms with Crippen LogP contribution in [0.15, 0.2) is 49.1 Å². The Morgan fingerprint density at radius 2 is 1.60 bits per heavy atom. The van der Waals surface area contributed by atoms with Gasteiger partial charge in [-0.1, -0.05) is 38.3 Å². The van der Waals surface area contributed by atoms with Crippen molar-refractivity contribution < 1.29 is 0 Å². The number of nitrogens with two attached hydrogens (primary N) is 1. The molecule has 2 N–H and O–H groups in total. The smallest absolute Gasteiger partial charge is 0.0355 e. The van der Waals surface area contributed by atoms with E-state index < -0.39 is 0 Å². The first-order valence-corrected chi connectivity index (χ1v) is 7.34. The van der Waals surface area contributed by atoms with Crippen LogP contribution in [0.3, 0.4) is 0 Å². The molecular weight excluding hydrogens is 246 g/mol. The van der Waals surface area contributed by atoms with Crippen molar-refractivity contribution in [2.75, 3.05) is 6.54 Å². The zero-order valence-electron chi connectivity index (χ0n) is 12.1. The Labute approximate surface area is 121 Å². The molecule has 0 fully saturated rings. The van der Waals surface area contributed by atoms with Crippen LogP contribution in [0.25, 0.3) is 0 Å². The van der Waals surface area contributed by atoms with E-state index in [1.54, 1.807) is 12.4 Å². The number of aromatic nitrogens is 2. The molecule has 0 aromatic carbocycles. The van der Waals surface area contributed by atoms with Crippen molar-refractivity contribution in [3.63, 3.8) is 0 Å². The lowest BCUT2D eigenvalue weighted by Crippen LogP contribution is -2.36. The second kappa shape index (κ2) is 7.15. The maximum absolute atomic E-state index is 6.20. The summed E-state index contributed by atoms with van der Waals surface area (Å²) in [5.41, 5.74) is 8.40. The van der Waals surface area contributed by atoms with E-state index >= 15 is 0 Å². The molecule has 0 aliphatic carbocycles. The van der Waals surface area contributed by atoms with Gasteiger partial charge in [0.05, 0.1) is 0 Å². The van der Waals surface area contributed by atoms with Gasteiger partial charge in [-0.15, -0.1) is 0 Å². The number of rotatable bonds is 7. The van der Waals surface area contributed by atoms with E-state index in [1.165, 1.54) is 24.0 Å². The summed E-state index contributed by atoms with van der Waals surface area (Å²) >= 11 is 0. The maximum atomic E-state index is 6.20.